The second-order valence-electron chi connectivity index (χ2n) is 5.80. The largest absolute Gasteiger partial charge is 0.392 e. The molecule has 0 bridgehead atoms. The van der Waals surface area contributed by atoms with Crippen molar-refractivity contribution in [3.63, 3.8) is 0 Å². The Balaban J connectivity index is 2.33. The summed E-state index contributed by atoms with van der Waals surface area (Å²) < 4.78 is 0. The van der Waals surface area contributed by atoms with Crippen molar-refractivity contribution in [1.29, 1.82) is 0 Å². The van der Waals surface area contributed by atoms with E-state index in [9.17, 15) is 4.79 Å². The summed E-state index contributed by atoms with van der Waals surface area (Å²) in [6, 6.07) is 0. The molecule has 18 heavy (non-hydrogen) atoms. The number of carbonyl (C=O) groups is 1. The van der Waals surface area contributed by atoms with Gasteiger partial charge < -0.3 is 11.1 Å². The first-order valence-corrected chi connectivity index (χ1v) is 7.48. The molecular weight excluding hydrogens is 244 g/mol. The summed E-state index contributed by atoms with van der Waals surface area (Å²) in [5, 5.41) is 3.01. The van der Waals surface area contributed by atoms with Crippen LogP contribution in [0.4, 0.5) is 0 Å². The van der Waals surface area contributed by atoms with Crippen LogP contribution < -0.4 is 11.1 Å². The summed E-state index contributed by atoms with van der Waals surface area (Å²) in [6.45, 7) is 5.19. The van der Waals surface area contributed by atoms with E-state index < -0.39 is 5.41 Å². The fourth-order valence-corrected chi connectivity index (χ4v) is 2.91. The van der Waals surface area contributed by atoms with Gasteiger partial charge >= 0.3 is 0 Å². The van der Waals surface area contributed by atoms with E-state index in [0.717, 1.165) is 51.0 Å². The summed E-state index contributed by atoms with van der Waals surface area (Å²) in [5.41, 5.74) is 5.23. The molecule has 1 saturated carbocycles. The average Bonchev–Trinajstić information content (AvgIpc) is 2.78. The summed E-state index contributed by atoms with van der Waals surface area (Å²) in [6.07, 6.45) is 7.17. The van der Waals surface area contributed by atoms with Crippen molar-refractivity contribution in [3.8, 4) is 0 Å². The van der Waals surface area contributed by atoms with Crippen LogP contribution >= 0.6 is 12.2 Å². The molecule has 1 amide bonds. The Morgan fingerprint density at radius 1 is 1.33 bits per heavy atom. The molecule has 4 heteroatoms. The Bertz CT molecular complexity index is 296. The highest BCUT2D eigenvalue weighted by Gasteiger charge is 2.43. The van der Waals surface area contributed by atoms with E-state index in [0.29, 0.717) is 4.99 Å². The van der Waals surface area contributed by atoms with Crippen molar-refractivity contribution in [1.82, 2.24) is 5.32 Å². The Labute approximate surface area is 116 Å². The molecule has 0 saturated heterocycles. The zero-order valence-electron chi connectivity index (χ0n) is 11.6. The van der Waals surface area contributed by atoms with E-state index >= 15 is 0 Å². The Hall–Kier alpha value is -0.640. The van der Waals surface area contributed by atoms with Crippen molar-refractivity contribution in [2.24, 2.45) is 17.1 Å². The van der Waals surface area contributed by atoms with Crippen molar-refractivity contribution in [2.45, 2.75) is 58.8 Å². The maximum Gasteiger partial charge on any atom is 0.233 e. The van der Waals surface area contributed by atoms with E-state index in [1.165, 1.54) is 6.42 Å². The Kier molecular flexibility index (Phi) is 6.06. The van der Waals surface area contributed by atoms with Gasteiger partial charge in [0.2, 0.25) is 5.91 Å². The molecule has 3 nitrogen and oxygen atoms in total. The zero-order valence-corrected chi connectivity index (χ0v) is 12.4. The fourth-order valence-electron chi connectivity index (χ4n) is 2.61. The summed E-state index contributed by atoms with van der Waals surface area (Å²) >= 11 is 5.10. The van der Waals surface area contributed by atoms with E-state index in [-0.39, 0.29) is 5.91 Å². The molecule has 0 unspecified atom stereocenters. The topological polar surface area (TPSA) is 55.1 Å². The van der Waals surface area contributed by atoms with Crippen LogP contribution in [0.1, 0.15) is 58.8 Å². The number of rotatable bonds is 7. The van der Waals surface area contributed by atoms with Crippen LogP contribution in [0, 0.1) is 11.3 Å². The van der Waals surface area contributed by atoms with Gasteiger partial charge in [-0.3, -0.25) is 4.79 Å². The molecule has 1 aliphatic carbocycles. The van der Waals surface area contributed by atoms with Gasteiger partial charge in [0.25, 0.3) is 0 Å². The molecule has 0 aromatic carbocycles. The van der Waals surface area contributed by atoms with E-state index in [2.05, 4.69) is 19.2 Å². The Morgan fingerprint density at radius 3 is 2.44 bits per heavy atom. The van der Waals surface area contributed by atoms with Gasteiger partial charge in [0.05, 0.1) is 10.4 Å². The number of hydrogen-bond acceptors (Lipinski definition) is 2. The predicted octanol–water partition coefficient (Wildman–Crippen LogP) is 2.78. The van der Waals surface area contributed by atoms with Gasteiger partial charge in [-0.2, -0.15) is 0 Å². The third kappa shape index (κ3) is 3.94. The minimum Gasteiger partial charge on any atom is -0.392 e. The fraction of sp³-hybridized carbons (Fsp3) is 0.857. The number of nitrogens with two attached hydrogens (primary N) is 1. The zero-order chi connectivity index (χ0) is 13.6. The molecule has 3 N–H and O–H groups in total. The SMILES string of the molecule is CC(C)CCCCNC(=O)C1(C(N)=S)CCCC1. The minimum atomic E-state index is -0.548. The van der Waals surface area contributed by atoms with Gasteiger partial charge in [0.1, 0.15) is 0 Å². The smallest absolute Gasteiger partial charge is 0.233 e. The van der Waals surface area contributed by atoms with Crippen LogP contribution in [0.25, 0.3) is 0 Å². The molecule has 104 valence electrons. The summed E-state index contributed by atoms with van der Waals surface area (Å²) in [7, 11) is 0. The van der Waals surface area contributed by atoms with E-state index in [1.807, 2.05) is 0 Å². The van der Waals surface area contributed by atoms with E-state index in [1.54, 1.807) is 0 Å². The lowest BCUT2D eigenvalue weighted by molar-refractivity contribution is -0.127. The first-order valence-electron chi connectivity index (χ1n) is 7.07. The van der Waals surface area contributed by atoms with Crippen LogP contribution in [-0.2, 0) is 4.79 Å². The molecule has 1 fully saturated rings. The highest BCUT2D eigenvalue weighted by Crippen LogP contribution is 2.38. The molecule has 1 rings (SSSR count). The third-order valence-electron chi connectivity index (χ3n) is 3.86. The lowest BCUT2D eigenvalue weighted by Gasteiger charge is -2.26. The number of thiocarbonyl (C=S) groups is 1. The molecule has 0 aliphatic heterocycles. The summed E-state index contributed by atoms with van der Waals surface area (Å²) in [4.78, 5) is 12.6. The van der Waals surface area contributed by atoms with Crippen molar-refractivity contribution in [3.05, 3.63) is 0 Å². The second-order valence-corrected chi connectivity index (χ2v) is 6.24. The monoisotopic (exact) mass is 270 g/mol. The van der Waals surface area contributed by atoms with Crippen LogP contribution in [0.5, 0.6) is 0 Å². The van der Waals surface area contributed by atoms with Crippen molar-refractivity contribution >= 4 is 23.1 Å². The van der Waals surface area contributed by atoms with Crippen LogP contribution in [-0.4, -0.2) is 17.4 Å². The van der Waals surface area contributed by atoms with Gasteiger partial charge in [-0.25, -0.2) is 0 Å². The Morgan fingerprint density at radius 2 is 1.94 bits per heavy atom. The lowest BCUT2D eigenvalue weighted by Crippen LogP contribution is -2.47. The first kappa shape index (κ1) is 15.4. The van der Waals surface area contributed by atoms with Gasteiger partial charge in [0, 0.05) is 6.54 Å². The number of nitrogens with one attached hydrogen (secondary N) is 1. The predicted molar refractivity (Wildman–Crippen MR) is 79.4 cm³/mol. The number of hydrogen-bond donors (Lipinski definition) is 2. The lowest BCUT2D eigenvalue weighted by atomic mass is 9.85. The van der Waals surface area contributed by atoms with Crippen molar-refractivity contribution < 1.29 is 4.79 Å². The highest BCUT2D eigenvalue weighted by atomic mass is 32.1. The van der Waals surface area contributed by atoms with Gasteiger partial charge in [0.15, 0.2) is 0 Å². The van der Waals surface area contributed by atoms with Crippen LogP contribution in [0.3, 0.4) is 0 Å². The van der Waals surface area contributed by atoms with Crippen LogP contribution in [0.2, 0.25) is 0 Å². The first-order chi connectivity index (χ1) is 8.49. The maximum atomic E-state index is 12.2. The van der Waals surface area contributed by atoms with Gasteiger partial charge in [-0.05, 0) is 25.2 Å². The van der Waals surface area contributed by atoms with Crippen molar-refractivity contribution in [2.75, 3.05) is 6.54 Å². The molecule has 1 aliphatic rings. The normalized spacial score (nSPS) is 17.9. The molecule has 0 atom stereocenters. The number of amides is 1. The molecule has 0 aromatic rings. The molecule has 0 radical (unpaired) electrons. The molecule has 0 heterocycles. The van der Waals surface area contributed by atoms with Crippen LogP contribution in [0.15, 0.2) is 0 Å². The second kappa shape index (κ2) is 7.07. The average molecular weight is 270 g/mol. The standard InChI is InChI=1S/C14H26N2OS/c1-11(2)7-3-6-10-16-13(17)14(12(15)18)8-4-5-9-14/h11H,3-10H2,1-2H3,(H2,15,18)(H,16,17). The third-order valence-corrected chi connectivity index (χ3v) is 4.25. The molecule has 0 aromatic heterocycles. The molecular formula is C14H26N2OS. The van der Waals surface area contributed by atoms with Gasteiger partial charge in [-0.15, -0.1) is 0 Å². The quantitative estimate of drug-likeness (QED) is 0.552. The number of carbonyl (C=O) groups excluding carboxylic acids is 1. The highest BCUT2D eigenvalue weighted by molar-refractivity contribution is 7.80. The number of unbranched alkanes of at least 4 members (excludes halogenated alkanes) is 1. The summed E-state index contributed by atoms with van der Waals surface area (Å²) in [5.74, 6) is 0.788. The minimum absolute atomic E-state index is 0.0528. The molecule has 0 spiro atoms. The van der Waals surface area contributed by atoms with Gasteiger partial charge in [-0.1, -0.05) is 51.7 Å². The maximum absolute atomic E-state index is 12.2. The van der Waals surface area contributed by atoms with E-state index in [4.69, 9.17) is 18.0 Å².